The second kappa shape index (κ2) is 4.68. The minimum Gasteiger partial charge on any atom is -0.469 e. The average molecular weight is 210 g/mol. The molecule has 1 aromatic rings. The van der Waals surface area contributed by atoms with Gasteiger partial charge in [-0.25, -0.2) is 4.39 Å². The molecule has 0 saturated carbocycles. The molecule has 0 heterocycles. The molecule has 0 amide bonds. The van der Waals surface area contributed by atoms with Crippen LogP contribution in [0.15, 0.2) is 18.2 Å². The lowest BCUT2D eigenvalue weighted by atomic mass is 10.0. The SMILES string of the molecule is COC(=O)CC(=O)c1c(C)cccc1F. The van der Waals surface area contributed by atoms with E-state index in [1.807, 2.05) is 0 Å². The molecular weight excluding hydrogens is 199 g/mol. The van der Waals surface area contributed by atoms with Crippen molar-refractivity contribution in [2.75, 3.05) is 7.11 Å². The minimum atomic E-state index is -0.664. The molecule has 3 nitrogen and oxygen atoms in total. The fourth-order valence-corrected chi connectivity index (χ4v) is 1.28. The lowest BCUT2D eigenvalue weighted by molar-refractivity contribution is -0.139. The van der Waals surface area contributed by atoms with E-state index in [2.05, 4.69) is 4.74 Å². The Morgan fingerprint density at radius 3 is 2.60 bits per heavy atom. The molecule has 0 aromatic heterocycles. The van der Waals surface area contributed by atoms with Crippen LogP contribution in [-0.2, 0) is 9.53 Å². The maximum Gasteiger partial charge on any atom is 0.313 e. The monoisotopic (exact) mass is 210 g/mol. The van der Waals surface area contributed by atoms with Gasteiger partial charge in [0.25, 0.3) is 0 Å². The van der Waals surface area contributed by atoms with Crippen molar-refractivity contribution in [3.8, 4) is 0 Å². The summed E-state index contributed by atoms with van der Waals surface area (Å²) in [6.45, 7) is 1.62. The Hall–Kier alpha value is -1.71. The molecular formula is C11H11FO3. The third-order valence-electron chi connectivity index (χ3n) is 2.03. The largest absolute Gasteiger partial charge is 0.469 e. The van der Waals surface area contributed by atoms with E-state index in [4.69, 9.17) is 0 Å². The van der Waals surface area contributed by atoms with Gasteiger partial charge in [0.2, 0.25) is 0 Å². The molecule has 0 atom stereocenters. The maximum absolute atomic E-state index is 13.3. The fraction of sp³-hybridized carbons (Fsp3) is 0.273. The second-order valence-electron chi connectivity index (χ2n) is 3.11. The van der Waals surface area contributed by atoms with Crippen LogP contribution in [-0.4, -0.2) is 18.9 Å². The standard InChI is InChI=1S/C11H11FO3/c1-7-4-3-5-8(12)11(7)9(13)6-10(14)15-2/h3-5H,6H2,1-2H3. The smallest absolute Gasteiger partial charge is 0.313 e. The number of hydrogen-bond donors (Lipinski definition) is 0. The molecule has 0 N–H and O–H groups in total. The molecule has 0 fully saturated rings. The zero-order valence-corrected chi connectivity index (χ0v) is 8.54. The van der Waals surface area contributed by atoms with Crippen LogP contribution in [0.3, 0.4) is 0 Å². The van der Waals surface area contributed by atoms with Gasteiger partial charge in [-0.2, -0.15) is 0 Å². The van der Waals surface area contributed by atoms with Crippen LogP contribution in [0.2, 0.25) is 0 Å². The van der Waals surface area contributed by atoms with Crippen LogP contribution in [0.4, 0.5) is 4.39 Å². The van der Waals surface area contributed by atoms with Crippen molar-refractivity contribution < 1.29 is 18.7 Å². The molecule has 0 aliphatic rings. The molecule has 15 heavy (non-hydrogen) atoms. The summed E-state index contributed by atoms with van der Waals surface area (Å²) in [7, 11) is 1.18. The first-order valence-corrected chi connectivity index (χ1v) is 4.41. The number of ether oxygens (including phenoxy) is 1. The highest BCUT2D eigenvalue weighted by Crippen LogP contribution is 2.14. The number of rotatable bonds is 3. The van der Waals surface area contributed by atoms with Gasteiger partial charge in [0.15, 0.2) is 5.78 Å². The highest BCUT2D eigenvalue weighted by molar-refractivity contribution is 6.06. The van der Waals surface area contributed by atoms with Gasteiger partial charge < -0.3 is 4.74 Å². The van der Waals surface area contributed by atoms with Gasteiger partial charge in [-0.1, -0.05) is 12.1 Å². The van der Waals surface area contributed by atoms with Crippen LogP contribution < -0.4 is 0 Å². The van der Waals surface area contributed by atoms with Gasteiger partial charge in [-0.3, -0.25) is 9.59 Å². The molecule has 1 rings (SSSR count). The summed E-state index contributed by atoms with van der Waals surface area (Å²) in [5.41, 5.74) is 0.479. The van der Waals surface area contributed by atoms with Gasteiger partial charge in [0.05, 0.1) is 12.7 Å². The zero-order chi connectivity index (χ0) is 11.4. The van der Waals surface area contributed by atoms with Gasteiger partial charge in [0, 0.05) is 0 Å². The molecule has 0 aliphatic carbocycles. The number of methoxy groups -OCH3 is 1. The van der Waals surface area contributed by atoms with E-state index < -0.39 is 24.0 Å². The Morgan fingerprint density at radius 2 is 2.07 bits per heavy atom. The van der Waals surface area contributed by atoms with Crippen molar-refractivity contribution in [3.63, 3.8) is 0 Å². The van der Waals surface area contributed by atoms with E-state index in [-0.39, 0.29) is 5.56 Å². The van der Waals surface area contributed by atoms with Crippen LogP contribution in [0.25, 0.3) is 0 Å². The van der Waals surface area contributed by atoms with Gasteiger partial charge >= 0.3 is 5.97 Å². The van der Waals surface area contributed by atoms with Gasteiger partial charge in [-0.15, -0.1) is 0 Å². The Balaban J connectivity index is 2.96. The third-order valence-corrected chi connectivity index (χ3v) is 2.03. The van der Waals surface area contributed by atoms with Crippen molar-refractivity contribution in [3.05, 3.63) is 35.1 Å². The number of esters is 1. The first kappa shape index (κ1) is 11.4. The van der Waals surface area contributed by atoms with Gasteiger partial charge in [-0.05, 0) is 18.6 Å². The molecule has 0 unspecified atom stereocenters. The van der Waals surface area contributed by atoms with Crippen molar-refractivity contribution in [2.45, 2.75) is 13.3 Å². The maximum atomic E-state index is 13.3. The Kier molecular flexibility index (Phi) is 3.55. The summed E-state index contributed by atoms with van der Waals surface area (Å²) < 4.78 is 17.6. The first-order chi connectivity index (χ1) is 7.06. The summed E-state index contributed by atoms with van der Waals surface area (Å²) in [5, 5.41) is 0. The number of aryl methyl sites for hydroxylation is 1. The fourth-order valence-electron chi connectivity index (χ4n) is 1.28. The molecule has 0 radical (unpaired) electrons. The second-order valence-corrected chi connectivity index (χ2v) is 3.11. The number of carbonyl (C=O) groups is 2. The molecule has 0 bridgehead atoms. The Labute approximate surface area is 86.9 Å². The number of carbonyl (C=O) groups excluding carboxylic acids is 2. The predicted molar refractivity (Wildman–Crippen MR) is 52.1 cm³/mol. The summed E-state index contributed by atoms with van der Waals surface area (Å²) in [6.07, 6.45) is -0.432. The molecule has 0 spiro atoms. The van der Waals surface area contributed by atoms with E-state index >= 15 is 0 Å². The summed E-state index contributed by atoms with van der Waals surface area (Å²) in [6, 6.07) is 4.32. The van der Waals surface area contributed by atoms with E-state index in [1.165, 1.54) is 19.2 Å². The summed E-state index contributed by atoms with van der Waals surface area (Å²) in [5.74, 6) is -1.83. The summed E-state index contributed by atoms with van der Waals surface area (Å²) in [4.78, 5) is 22.4. The average Bonchev–Trinajstić information content (AvgIpc) is 2.17. The van der Waals surface area contributed by atoms with Crippen molar-refractivity contribution >= 4 is 11.8 Å². The first-order valence-electron chi connectivity index (χ1n) is 4.41. The molecule has 4 heteroatoms. The normalized spacial score (nSPS) is 9.80. The highest BCUT2D eigenvalue weighted by Gasteiger charge is 2.17. The van der Waals surface area contributed by atoms with E-state index in [9.17, 15) is 14.0 Å². The quantitative estimate of drug-likeness (QED) is 0.434. The zero-order valence-electron chi connectivity index (χ0n) is 8.54. The number of ketones is 1. The van der Waals surface area contributed by atoms with Gasteiger partial charge in [0.1, 0.15) is 12.2 Å². The topological polar surface area (TPSA) is 43.4 Å². The van der Waals surface area contributed by atoms with E-state index in [0.29, 0.717) is 5.56 Å². The lowest BCUT2D eigenvalue weighted by Gasteiger charge is -2.04. The van der Waals surface area contributed by atoms with Crippen molar-refractivity contribution in [1.29, 1.82) is 0 Å². The third kappa shape index (κ3) is 2.62. The van der Waals surface area contributed by atoms with E-state index in [0.717, 1.165) is 0 Å². The predicted octanol–water partition coefficient (Wildman–Crippen LogP) is 1.88. The Morgan fingerprint density at radius 1 is 1.40 bits per heavy atom. The van der Waals surface area contributed by atoms with Crippen LogP contribution in [0.1, 0.15) is 22.3 Å². The highest BCUT2D eigenvalue weighted by atomic mass is 19.1. The van der Waals surface area contributed by atoms with Crippen LogP contribution >= 0.6 is 0 Å². The number of Topliss-reactive ketones (excluding diaryl/α,β-unsaturated/α-hetero) is 1. The minimum absolute atomic E-state index is 0.0390. The molecule has 0 saturated heterocycles. The molecule has 0 aliphatic heterocycles. The Bertz CT molecular complexity index is 379. The number of halogens is 1. The summed E-state index contributed by atoms with van der Waals surface area (Å²) >= 11 is 0. The van der Waals surface area contributed by atoms with Crippen molar-refractivity contribution in [1.82, 2.24) is 0 Å². The number of benzene rings is 1. The number of hydrogen-bond acceptors (Lipinski definition) is 3. The molecule has 80 valence electrons. The van der Waals surface area contributed by atoms with E-state index in [1.54, 1.807) is 13.0 Å². The van der Waals surface area contributed by atoms with Crippen molar-refractivity contribution in [2.24, 2.45) is 0 Å². The molecule has 1 aromatic carbocycles. The lowest BCUT2D eigenvalue weighted by Crippen LogP contribution is -2.12. The van der Waals surface area contributed by atoms with Crippen LogP contribution in [0, 0.1) is 12.7 Å². The van der Waals surface area contributed by atoms with Crippen LogP contribution in [0.5, 0.6) is 0 Å².